The van der Waals surface area contributed by atoms with Crippen LogP contribution in [0.2, 0.25) is 5.02 Å². The number of carboxylic acids is 1. The van der Waals surface area contributed by atoms with Gasteiger partial charge in [-0.05, 0) is 48.9 Å². The van der Waals surface area contributed by atoms with Crippen molar-refractivity contribution < 1.29 is 28.5 Å². The summed E-state index contributed by atoms with van der Waals surface area (Å²) in [4.78, 5) is 25.1. The minimum atomic E-state index is -1.00. The Kier molecular flexibility index (Phi) is 7.49. The van der Waals surface area contributed by atoms with Crippen LogP contribution in [0, 0.1) is 5.82 Å². The highest BCUT2D eigenvalue weighted by Crippen LogP contribution is 2.26. The molecule has 4 heterocycles. The van der Waals surface area contributed by atoms with Crippen molar-refractivity contribution in [3.05, 3.63) is 101 Å². The Morgan fingerprint density at radius 1 is 1.05 bits per heavy atom. The molecule has 0 amide bonds. The van der Waals surface area contributed by atoms with Crippen molar-refractivity contribution in [1.82, 2.24) is 19.5 Å². The number of rotatable bonds is 10. The first-order chi connectivity index (χ1) is 19.9. The number of carbonyl (C=O) groups is 1. The lowest BCUT2D eigenvalue weighted by Crippen LogP contribution is -2.32. The number of hydrogen-bond acceptors (Lipinski definition) is 7. The SMILES string of the molecule is O=C(O)c1ccc2nc(COc3cc(-c4cccc(OCc5ccc(Cl)cc5F)n4)ccn3)n(C[C@@H]3CCO3)c2c1. The van der Waals surface area contributed by atoms with Crippen LogP contribution < -0.4 is 9.47 Å². The van der Waals surface area contributed by atoms with E-state index in [0.29, 0.717) is 58.0 Å². The van der Waals surface area contributed by atoms with E-state index in [1.54, 1.807) is 54.7 Å². The van der Waals surface area contributed by atoms with E-state index in [4.69, 9.17) is 25.8 Å². The number of fused-ring (bicyclic) bond motifs is 1. The summed E-state index contributed by atoms with van der Waals surface area (Å²) in [7, 11) is 0. The van der Waals surface area contributed by atoms with Gasteiger partial charge < -0.3 is 23.9 Å². The molecule has 1 aliphatic heterocycles. The molecule has 0 radical (unpaired) electrons. The molecule has 0 unspecified atom stereocenters. The molecule has 1 fully saturated rings. The van der Waals surface area contributed by atoms with Crippen LogP contribution in [-0.2, 0) is 24.5 Å². The maximum atomic E-state index is 14.1. The number of imidazole rings is 1. The Hall–Kier alpha value is -4.54. The Balaban J connectivity index is 1.19. The van der Waals surface area contributed by atoms with Crippen LogP contribution in [-0.4, -0.2) is 43.3 Å². The van der Waals surface area contributed by atoms with Gasteiger partial charge in [0.1, 0.15) is 24.9 Å². The molecule has 1 N–H and O–H groups in total. The van der Waals surface area contributed by atoms with E-state index in [1.165, 1.54) is 12.1 Å². The monoisotopic (exact) mass is 574 g/mol. The number of aromatic carboxylic acids is 1. The topological polar surface area (TPSA) is 109 Å². The molecule has 1 saturated heterocycles. The Bertz CT molecular complexity index is 1740. The Labute approximate surface area is 239 Å². The van der Waals surface area contributed by atoms with Gasteiger partial charge in [-0.15, -0.1) is 0 Å². The van der Waals surface area contributed by atoms with Crippen LogP contribution in [0.15, 0.2) is 72.9 Å². The fraction of sp³-hybridized carbons (Fsp3) is 0.200. The van der Waals surface area contributed by atoms with E-state index in [-0.39, 0.29) is 24.9 Å². The molecule has 2 aromatic carbocycles. The number of carboxylic acid groups (broad SMARTS) is 1. The highest BCUT2D eigenvalue weighted by atomic mass is 35.5. The van der Waals surface area contributed by atoms with Crippen LogP contribution in [0.25, 0.3) is 22.3 Å². The summed E-state index contributed by atoms with van der Waals surface area (Å²) in [5.41, 5.74) is 3.32. The number of halogens is 2. The van der Waals surface area contributed by atoms with Crippen molar-refractivity contribution >= 4 is 28.6 Å². The highest BCUT2D eigenvalue weighted by Gasteiger charge is 2.23. The molecule has 41 heavy (non-hydrogen) atoms. The Morgan fingerprint density at radius 3 is 2.68 bits per heavy atom. The number of pyridine rings is 2. The van der Waals surface area contributed by atoms with Crippen LogP contribution in [0.3, 0.4) is 0 Å². The van der Waals surface area contributed by atoms with Gasteiger partial charge in [0.25, 0.3) is 0 Å². The molecule has 1 atom stereocenters. The van der Waals surface area contributed by atoms with E-state index in [2.05, 4.69) is 15.0 Å². The largest absolute Gasteiger partial charge is 0.478 e. The van der Waals surface area contributed by atoms with Crippen molar-refractivity contribution in [2.24, 2.45) is 0 Å². The van der Waals surface area contributed by atoms with E-state index < -0.39 is 11.8 Å². The van der Waals surface area contributed by atoms with Gasteiger partial charge in [-0.3, -0.25) is 0 Å². The van der Waals surface area contributed by atoms with Gasteiger partial charge in [0.2, 0.25) is 11.8 Å². The summed E-state index contributed by atoms with van der Waals surface area (Å²) in [6.45, 7) is 1.37. The van der Waals surface area contributed by atoms with Crippen molar-refractivity contribution in [2.75, 3.05) is 6.61 Å². The van der Waals surface area contributed by atoms with Crippen molar-refractivity contribution in [1.29, 1.82) is 0 Å². The molecule has 208 valence electrons. The third kappa shape index (κ3) is 5.98. The summed E-state index contributed by atoms with van der Waals surface area (Å²) in [6, 6.07) is 18.2. The summed E-state index contributed by atoms with van der Waals surface area (Å²) >= 11 is 5.83. The van der Waals surface area contributed by atoms with Gasteiger partial charge in [0, 0.05) is 41.1 Å². The lowest BCUT2D eigenvalue weighted by molar-refractivity contribution is -0.0592. The van der Waals surface area contributed by atoms with Crippen LogP contribution >= 0.6 is 11.6 Å². The van der Waals surface area contributed by atoms with Gasteiger partial charge in [-0.2, -0.15) is 0 Å². The lowest BCUT2D eigenvalue weighted by atomic mass is 10.1. The summed E-state index contributed by atoms with van der Waals surface area (Å²) in [6.07, 6.45) is 2.58. The van der Waals surface area contributed by atoms with Gasteiger partial charge in [0.05, 0.1) is 34.9 Å². The predicted octanol–water partition coefficient (Wildman–Crippen LogP) is 5.93. The normalized spacial score (nSPS) is 14.5. The molecule has 0 bridgehead atoms. The maximum absolute atomic E-state index is 14.1. The van der Waals surface area contributed by atoms with Gasteiger partial charge in [-0.25, -0.2) is 24.1 Å². The van der Waals surface area contributed by atoms with Gasteiger partial charge >= 0.3 is 5.97 Å². The van der Waals surface area contributed by atoms with Crippen LogP contribution in [0.5, 0.6) is 11.8 Å². The van der Waals surface area contributed by atoms with Crippen molar-refractivity contribution in [3.63, 3.8) is 0 Å². The molecular formula is C30H24ClFN4O5. The zero-order chi connectivity index (χ0) is 28.3. The average Bonchev–Trinajstić information content (AvgIpc) is 3.30. The fourth-order valence-electron chi connectivity index (χ4n) is 4.48. The molecule has 5 aromatic rings. The number of aromatic nitrogens is 4. The van der Waals surface area contributed by atoms with Crippen molar-refractivity contribution in [2.45, 2.75) is 32.3 Å². The fourth-order valence-corrected chi connectivity index (χ4v) is 4.64. The zero-order valence-electron chi connectivity index (χ0n) is 21.7. The molecule has 0 spiro atoms. The van der Waals surface area contributed by atoms with Gasteiger partial charge in [0.15, 0.2) is 0 Å². The van der Waals surface area contributed by atoms with Crippen molar-refractivity contribution in [3.8, 4) is 23.0 Å². The smallest absolute Gasteiger partial charge is 0.335 e. The number of ether oxygens (including phenoxy) is 3. The third-order valence-electron chi connectivity index (χ3n) is 6.75. The molecule has 0 saturated carbocycles. The second-order valence-electron chi connectivity index (χ2n) is 9.49. The number of hydrogen-bond donors (Lipinski definition) is 1. The van der Waals surface area contributed by atoms with Gasteiger partial charge in [-0.1, -0.05) is 23.7 Å². The number of benzene rings is 2. The van der Waals surface area contributed by atoms with E-state index in [0.717, 1.165) is 12.0 Å². The maximum Gasteiger partial charge on any atom is 0.335 e. The zero-order valence-corrected chi connectivity index (χ0v) is 22.4. The van der Waals surface area contributed by atoms with E-state index in [9.17, 15) is 14.3 Å². The first kappa shape index (κ1) is 26.7. The molecule has 6 rings (SSSR count). The second kappa shape index (κ2) is 11.5. The summed E-state index contributed by atoms with van der Waals surface area (Å²) < 4.78 is 33.4. The highest BCUT2D eigenvalue weighted by molar-refractivity contribution is 6.30. The first-order valence-electron chi connectivity index (χ1n) is 12.9. The quantitative estimate of drug-likeness (QED) is 0.219. The molecule has 3 aromatic heterocycles. The average molecular weight is 575 g/mol. The second-order valence-corrected chi connectivity index (χ2v) is 9.92. The first-order valence-corrected chi connectivity index (χ1v) is 13.3. The standard InChI is InChI=1S/C30H24ClFN4O5/c31-21-6-4-20(23(32)14-21)16-40-28-3-1-2-24(35-28)18-8-10-33-29(13-18)41-17-27-34-25-7-5-19(30(37)38)12-26(25)36(27)15-22-9-11-39-22/h1-8,10,12-14,22H,9,11,15-17H2,(H,37,38)/t22-/m0/s1. The molecule has 9 nitrogen and oxygen atoms in total. The minimum absolute atomic E-state index is 0.00498. The predicted molar refractivity (Wildman–Crippen MR) is 149 cm³/mol. The minimum Gasteiger partial charge on any atom is -0.478 e. The number of nitrogens with zero attached hydrogens (tertiary/aromatic N) is 4. The molecular weight excluding hydrogens is 551 g/mol. The molecule has 1 aliphatic rings. The summed E-state index contributed by atoms with van der Waals surface area (Å²) in [5, 5.41) is 9.77. The third-order valence-corrected chi connectivity index (χ3v) is 6.98. The van der Waals surface area contributed by atoms with E-state index >= 15 is 0 Å². The van der Waals surface area contributed by atoms with Crippen LogP contribution in [0.1, 0.15) is 28.2 Å². The summed E-state index contributed by atoms with van der Waals surface area (Å²) in [5.74, 6) is -0.111. The molecule has 11 heteroatoms. The Morgan fingerprint density at radius 2 is 1.90 bits per heavy atom. The van der Waals surface area contributed by atoms with E-state index in [1.807, 2.05) is 10.6 Å². The van der Waals surface area contributed by atoms with Crippen LogP contribution in [0.4, 0.5) is 4.39 Å². The molecule has 0 aliphatic carbocycles. The lowest BCUT2D eigenvalue weighted by Gasteiger charge is -2.27.